The Balaban J connectivity index is 0. The molecule has 6 heavy (non-hydrogen) atoms. The summed E-state index contributed by atoms with van der Waals surface area (Å²) in [5, 5.41) is 9.13. The van der Waals surface area contributed by atoms with Crippen LogP contribution >= 0.6 is 15.9 Å². The number of rotatable bonds is 1. The molecule has 0 aliphatic rings. The van der Waals surface area contributed by atoms with Gasteiger partial charge in [0.2, 0.25) is 0 Å². The van der Waals surface area contributed by atoms with E-state index in [-0.39, 0.29) is 22.4 Å². The van der Waals surface area contributed by atoms with Crippen LogP contribution in [-0.2, 0) is 21.9 Å². The molecule has 0 fully saturated rings. The van der Waals surface area contributed by atoms with Crippen LogP contribution in [0.1, 0.15) is 0 Å². The van der Waals surface area contributed by atoms with Crippen LogP contribution in [0.25, 0.3) is 0 Å². The third-order valence-corrected chi connectivity index (χ3v) is 0.567. The fourth-order valence-corrected chi connectivity index (χ4v) is 0. The van der Waals surface area contributed by atoms with E-state index < -0.39 is 5.97 Å². The first-order valence-electron chi connectivity index (χ1n) is 1.03. The Bertz CT molecular complexity index is 46.8. The van der Waals surface area contributed by atoms with Crippen molar-refractivity contribution in [1.29, 1.82) is 0 Å². The summed E-state index contributed by atoms with van der Waals surface area (Å²) in [6, 6.07) is 0. The van der Waals surface area contributed by atoms with Gasteiger partial charge in [-0.2, -0.15) is 0 Å². The number of halogens is 1. The molecular weight excluding hydrogens is 199 g/mol. The second-order valence-corrected chi connectivity index (χ2v) is 1.07. The molecule has 0 radical (unpaired) electrons. The predicted molar refractivity (Wildman–Crippen MR) is 18.8 cm³/mol. The molecule has 0 unspecified atom stereocenters. The fraction of sp³-hybridized carbons (Fsp3) is 0.500. The number of aliphatic carboxylic acids is 1. The van der Waals surface area contributed by atoms with Gasteiger partial charge < -0.3 is 9.90 Å². The molecule has 0 saturated carbocycles. The van der Waals surface area contributed by atoms with Crippen LogP contribution in [-0.4, -0.2) is 11.3 Å². The molecule has 0 heterocycles. The largest absolute Gasteiger partial charge is 1.00 e. The van der Waals surface area contributed by atoms with E-state index >= 15 is 0 Å². The molecule has 0 aromatic carbocycles. The summed E-state index contributed by atoms with van der Waals surface area (Å²) in [4.78, 5) is 9.21. The smallest absolute Gasteiger partial charge is 0.549 e. The van der Waals surface area contributed by atoms with E-state index in [0.29, 0.717) is 0 Å². The Morgan fingerprint density at radius 3 is 2.00 bits per heavy atom. The van der Waals surface area contributed by atoms with Crippen LogP contribution in [0.5, 0.6) is 0 Å². The van der Waals surface area contributed by atoms with Crippen molar-refractivity contribution in [1.82, 2.24) is 0 Å². The van der Waals surface area contributed by atoms with E-state index in [1.54, 1.807) is 0 Å². The van der Waals surface area contributed by atoms with Crippen molar-refractivity contribution in [3.63, 3.8) is 0 Å². The van der Waals surface area contributed by atoms with Crippen molar-refractivity contribution in [2.45, 2.75) is 0 Å². The summed E-state index contributed by atoms with van der Waals surface area (Å²) in [5.74, 6) is -1.08. The predicted octanol–water partition coefficient (Wildman–Crippen LogP) is -0.871. The van der Waals surface area contributed by atoms with Gasteiger partial charge in [-0.1, -0.05) is 15.9 Å². The van der Waals surface area contributed by atoms with E-state index in [1.165, 1.54) is 0 Å². The van der Waals surface area contributed by atoms with E-state index in [2.05, 4.69) is 15.9 Å². The molecule has 0 aliphatic carbocycles. The second-order valence-electron chi connectivity index (χ2n) is 0.506. The van der Waals surface area contributed by atoms with Crippen LogP contribution in [0.15, 0.2) is 0 Å². The summed E-state index contributed by atoms with van der Waals surface area (Å²) < 4.78 is 0. The van der Waals surface area contributed by atoms with Crippen molar-refractivity contribution < 1.29 is 27.0 Å². The molecule has 4 heteroatoms. The Labute approximate surface area is 54.5 Å². The van der Waals surface area contributed by atoms with E-state index in [1.807, 2.05) is 0 Å². The Hall–Kier alpha value is 0.469. The van der Waals surface area contributed by atoms with Crippen LogP contribution < -0.4 is 5.11 Å². The molecule has 0 amide bonds. The summed E-state index contributed by atoms with van der Waals surface area (Å²) in [5.41, 5.74) is 0. The molecule has 0 spiro atoms. The number of carboxylic acids is 1. The Morgan fingerprint density at radius 1 is 1.83 bits per heavy atom. The molecule has 0 aromatic rings. The van der Waals surface area contributed by atoms with Gasteiger partial charge in [0.25, 0.3) is 0 Å². The van der Waals surface area contributed by atoms with Gasteiger partial charge in [0.1, 0.15) is 0 Å². The van der Waals surface area contributed by atoms with Crippen molar-refractivity contribution in [2.75, 3.05) is 5.33 Å². The van der Waals surface area contributed by atoms with Crippen LogP contribution in [0, 0.1) is 0 Å². The minimum absolute atomic E-state index is 0. The zero-order valence-electron chi connectivity index (χ0n) is 2.70. The van der Waals surface area contributed by atoms with Crippen molar-refractivity contribution in [2.24, 2.45) is 0 Å². The fourth-order valence-electron chi connectivity index (χ4n) is 0. The average Bonchev–Trinajstić information content (AvgIpc) is 1.38. The molecule has 0 aliphatic heterocycles. The van der Waals surface area contributed by atoms with E-state index in [9.17, 15) is 9.90 Å². The first-order chi connectivity index (χ1) is 2.27. The third-order valence-electron chi connectivity index (χ3n) is 0.109. The van der Waals surface area contributed by atoms with Crippen molar-refractivity contribution in [3.05, 3.63) is 0 Å². The Kier molecular flexibility index (Phi) is 8.83. The van der Waals surface area contributed by atoms with Gasteiger partial charge in [0, 0.05) is 5.33 Å². The molecule has 40 valence electrons. The SMILES string of the molecule is O=C([O-])CBr.[Cu+]. The molecule has 0 N–H and O–H groups in total. The molecule has 0 aromatic heterocycles. The van der Waals surface area contributed by atoms with Gasteiger partial charge >= 0.3 is 17.1 Å². The summed E-state index contributed by atoms with van der Waals surface area (Å²) in [6.45, 7) is 0. The summed E-state index contributed by atoms with van der Waals surface area (Å²) in [6.07, 6.45) is 0. The quantitative estimate of drug-likeness (QED) is 0.409. The van der Waals surface area contributed by atoms with Gasteiger partial charge in [-0.15, -0.1) is 0 Å². The number of carbonyl (C=O) groups is 1. The topological polar surface area (TPSA) is 40.1 Å². The van der Waals surface area contributed by atoms with E-state index in [0.717, 1.165) is 0 Å². The first kappa shape index (κ1) is 9.69. The number of carboxylic acid groups (broad SMARTS) is 1. The zero-order valence-corrected chi connectivity index (χ0v) is 5.23. The van der Waals surface area contributed by atoms with Gasteiger partial charge in [-0.25, -0.2) is 0 Å². The summed E-state index contributed by atoms with van der Waals surface area (Å²) >= 11 is 2.65. The molecule has 0 saturated heterocycles. The normalized spacial score (nSPS) is 6.17. The van der Waals surface area contributed by atoms with Gasteiger partial charge in [-0.05, 0) is 0 Å². The maximum atomic E-state index is 9.21. The van der Waals surface area contributed by atoms with Crippen LogP contribution in [0.2, 0.25) is 0 Å². The van der Waals surface area contributed by atoms with E-state index in [4.69, 9.17) is 0 Å². The maximum absolute atomic E-state index is 9.21. The van der Waals surface area contributed by atoms with Crippen LogP contribution in [0.3, 0.4) is 0 Å². The molecule has 0 atom stereocenters. The number of alkyl halides is 1. The maximum Gasteiger partial charge on any atom is 1.00 e. The minimum atomic E-state index is -1.08. The number of carbonyl (C=O) groups excluding carboxylic acids is 1. The van der Waals surface area contributed by atoms with Crippen molar-refractivity contribution in [3.8, 4) is 0 Å². The molecular formula is C2H2BrCuO2. The molecule has 2 nitrogen and oxygen atoms in total. The zero-order chi connectivity index (χ0) is 4.28. The van der Waals surface area contributed by atoms with Gasteiger partial charge in [0.05, 0.1) is 5.97 Å². The van der Waals surface area contributed by atoms with Crippen molar-refractivity contribution >= 4 is 21.9 Å². The van der Waals surface area contributed by atoms with Gasteiger partial charge in [0.15, 0.2) is 0 Å². The second kappa shape index (κ2) is 5.47. The van der Waals surface area contributed by atoms with Crippen LogP contribution in [0.4, 0.5) is 0 Å². The standard InChI is InChI=1S/C2H3BrO2.Cu/c3-1-2(4)5;/h1H2,(H,4,5);/q;+1/p-1. The molecule has 0 bridgehead atoms. The number of hydrogen-bond acceptors (Lipinski definition) is 2. The first-order valence-corrected chi connectivity index (χ1v) is 2.15. The monoisotopic (exact) mass is 200 g/mol. The molecule has 0 rings (SSSR count). The third kappa shape index (κ3) is 8.82. The number of hydrogen-bond donors (Lipinski definition) is 0. The Morgan fingerprint density at radius 2 is 2.00 bits per heavy atom. The summed E-state index contributed by atoms with van der Waals surface area (Å²) in [7, 11) is 0. The van der Waals surface area contributed by atoms with Gasteiger partial charge in [-0.3, -0.25) is 0 Å². The minimum Gasteiger partial charge on any atom is -0.549 e. The average molecular weight is 201 g/mol.